The molecule has 2 aliphatic heterocycles. The van der Waals surface area contributed by atoms with E-state index in [2.05, 4.69) is 104 Å². The van der Waals surface area contributed by atoms with Gasteiger partial charge in [-0.1, -0.05) is 82.4 Å². The van der Waals surface area contributed by atoms with Gasteiger partial charge in [-0.15, -0.1) is 0 Å². The fourth-order valence-corrected chi connectivity index (χ4v) is 4.63. The maximum atomic E-state index is 11.6. The third kappa shape index (κ3) is 4.51. The van der Waals surface area contributed by atoms with Crippen molar-refractivity contribution in [1.29, 1.82) is 0 Å². The topological polar surface area (TPSA) is 65.2 Å². The SMILES string of the molecule is CNC(=O)Nc1ccc2c(c1)C(C)(C)\C(=C/C=C/C=C/C=C/C1Nc3ccccc3C1(C)C)N2. The zero-order valence-electron chi connectivity index (χ0n) is 20.6. The van der Waals surface area contributed by atoms with Gasteiger partial charge in [-0.05, 0) is 41.5 Å². The largest absolute Gasteiger partial charge is 0.378 e. The molecule has 176 valence electrons. The maximum Gasteiger partial charge on any atom is 0.318 e. The molecule has 2 aromatic carbocycles. The van der Waals surface area contributed by atoms with E-state index in [1.54, 1.807) is 7.05 Å². The molecular weight excluding hydrogens is 420 g/mol. The molecule has 2 heterocycles. The fraction of sp³-hybridized carbons (Fsp3) is 0.276. The number of nitrogens with one attached hydrogen (secondary N) is 4. The Morgan fingerprint density at radius 3 is 2.41 bits per heavy atom. The third-order valence-corrected chi connectivity index (χ3v) is 6.84. The van der Waals surface area contributed by atoms with Crippen molar-refractivity contribution < 1.29 is 4.79 Å². The smallest absolute Gasteiger partial charge is 0.318 e. The minimum Gasteiger partial charge on any atom is -0.378 e. The Balaban J connectivity index is 1.38. The van der Waals surface area contributed by atoms with Crippen LogP contribution in [0, 0.1) is 0 Å². The zero-order valence-corrected chi connectivity index (χ0v) is 20.6. The molecule has 2 amide bonds. The second-order valence-electron chi connectivity index (χ2n) is 9.84. The highest BCUT2D eigenvalue weighted by atomic mass is 16.2. The molecule has 1 unspecified atom stereocenters. The third-order valence-electron chi connectivity index (χ3n) is 6.84. The maximum absolute atomic E-state index is 11.6. The molecule has 0 radical (unpaired) electrons. The van der Waals surface area contributed by atoms with Gasteiger partial charge in [0.15, 0.2) is 0 Å². The number of rotatable bonds is 5. The average molecular weight is 455 g/mol. The van der Waals surface area contributed by atoms with Gasteiger partial charge >= 0.3 is 6.03 Å². The first-order valence-corrected chi connectivity index (χ1v) is 11.7. The van der Waals surface area contributed by atoms with E-state index in [1.165, 1.54) is 11.3 Å². The molecule has 4 N–H and O–H groups in total. The molecule has 0 bridgehead atoms. The Kier molecular flexibility index (Phi) is 6.38. The van der Waals surface area contributed by atoms with E-state index in [1.807, 2.05) is 30.4 Å². The van der Waals surface area contributed by atoms with Crippen molar-refractivity contribution in [2.24, 2.45) is 0 Å². The van der Waals surface area contributed by atoms with Crippen LogP contribution < -0.4 is 21.3 Å². The van der Waals surface area contributed by atoms with Crippen LogP contribution in [0.1, 0.15) is 38.8 Å². The molecule has 4 rings (SSSR count). The molecule has 0 saturated carbocycles. The number of fused-ring (bicyclic) bond motifs is 2. The second-order valence-corrected chi connectivity index (χ2v) is 9.84. The van der Waals surface area contributed by atoms with Crippen molar-refractivity contribution in [2.75, 3.05) is 23.0 Å². The molecule has 1 atom stereocenters. The van der Waals surface area contributed by atoms with Crippen LogP contribution in [-0.2, 0) is 10.8 Å². The monoisotopic (exact) mass is 454 g/mol. The van der Waals surface area contributed by atoms with E-state index >= 15 is 0 Å². The summed E-state index contributed by atoms with van der Waals surface area (Å²) in [6, 6.07) is 14.5. The molecule has 5 heteroatoms. The van der Waals surface area contributed by atoms with Gasteiger partial charge in [-0.3, -0.25) is 0 Å². The number of para-hydroxylation sites is 1. The number of hydrogen-bond acceptors (Lipinski definition) is 3. The van der Waals surface area contributed by atoms with Gasteiger partial charge in [-0.2, -0.15) is 0 Å². The molecule has 0 spiro atoms. The molecular formula is C29H34N4O. The van der Waals surface area contributed by atoms with Crippen molar-refractivity contribution in [1.82, 2.24) is 5.32 Å². The first-order chi connectivity index (χ1) is 16.2. The molecule has 0 fully saturated rings. The summed E-state index contributed by atoms with van der Waals surface area (Å²) in [5, 5.41) is 12.6. The number of hydrogen-bond donors (Lipinski definition) is 4. The van der Waals surface area contributed by atoms with Gasteiger partial charge in [0.05, 0.1) is 6.04 Å². The molecule has 0 saturated heterocycles. The van der Waals surface area contributed by atoms with Crippen molar-refractivity contribution in [3.05, 3.63) is 102 Å². The van der Waals surface area contributed by atoms with Crippen LogP contribution in [-0.4, -0.2) is 19.1 Å². The van der Waals surface area contributed by atoms with Crippen LogP contribution in [0.4, 0.5) is 21.9 Å². The normalized spacial score (nSPS) is 21.0. The van der Waals surface area contributed by atoms with Crippen LogP contribution >= 0.6 is 0 Å². The molecule has 0 aliphatic carbocycles. The van der Waals surface area contributed by atoms with Crippen molar-refractivity contribution in [3.63, 3.8) is 0 Å². The summed E-state index contributed by atoms with van der Waals surface area (Å²) in [6.07, 6.45) is 14.6. The first kappa shape index (κ1) is 23.4. The van der Waals surface area contributed by atoms with Gasteiger partial charge in [0.25, 0.3) is 0 Å². The number of benzene rings is 2. The predicted molar refractivity (Wildman–Crippen MR) is 144 cm³/mol. The predicted octanol–water partition coefficient (Wildman–Crippen LogP) is 6.47. The van der Waals surface area contributed by atoms with Crippen molar-refractivity contribution in [2.45, 2.75) is 44.6 Å². The lowest BCUT2D eigenvalue weighted by Crippen LogP contribution is -2.31. The Labute approximate surface area is 202 Å². The van der Waals surface area contributed by atoms with Crippen LogP contribution in [0.15, 0.2) is 90.7 Å². The zero-order chi connectivity index (χ0) is 24.3. The van der Waals surface area contributed by atoms with E-state index in [0.717, 1.165) is 22.6 Å². The van der Waals surface area contributed by atoms with Crippen LogP contribution in [0.25, 0.3) is 0 Å². The van der Waals surface area contributed by atoms with E-state index in [4.69, 9.17) is 0 Å². The van der Waals surface area contributed by atoms with Crippen LogP contribution in [0.5, 0.6) is 0 Å². The highest BCUT2D eigenvalue weighted by molar-refractivity contribution is 5.90. The number of urea groups is 1. The summed E-state index contributed by atoms with van der Waals surface area (Å²) < 4.78 is 0. The second kappa shape index (κ2) is 9.26. The van der Waals surface area contributed by atoms with E-state index in [0.29, 0.717) is 0 Å². The Morgan fingerprint density at radius 2 is 1.65 bits per heavy atom. The summed E-state index contributed by atoms with van der Waals surface area (Å²) in [4.78, 5) is 11.6. The fourth-order valence-electron chi connectivity index (χ4n) is 4.63. The Morgan fingerprint density at radius 1 is 0.912 bits per heavy atom. The number of carbonyl (C=O) groups excluding carboxylic acids is 1. The molecule has 34 heavy (non-hydrogen) atoms. The number of amides is 2. The first-order valence-electron chi connectivity index (χ1n) is 11.7. The minimum absolute atomic E-state index is 0.0612. The lowest BCUT2D eigenvalue weighted by molar-refractivity contribution is 0.254. The van der Waals surface area contributed by atoms with Gasteiger partial charge in [0, 0.05) is 40.6 Å². The highest BCUT2D eigenvalue weighted by Gasteiger charge is 2.37. The Hall–Kier alpha value is -3.73. The van der Waals surface area contributed by atoms with Crippen molar-refractivity contribution in [3.8, 4) is 0 Å². The van der Waals surface area contributed by atoms with Gasteiger partial charge < -0.3 is 21.3 Å². The van der Waals surface area contributed by atoms with E-state index in [9.17, 15) is 4.79 Å². The Bertz CT molecular complexity index is 1200. The summed E-state index contributed by atoms with van der Waals surface area (Å²) in [7, 11) is 1.61. The number of carbonyl (C=O) groups is 1. The lowest BCUT2D eigenvalue weighted by atomic mass is 9.80. The standard InChI is InChI=1S/C29H34N4O/c1-28(2)21-13-11-12-14-23(21)32-25(28)15-9-7-6-8-10-16-26-29(3,4)22-19-20(31-27(34)30-5)17-18-24(22)33-26/h6-19,25,32-33H,1-5H3,(H2,30,31,34)/b7-6+,10-8+,15-9+,26-16+. The van der Waals surface area contributed by atoms with Crippen LogP contribution in [0.3, 0.4) is 0 Å². The molecule has 2 aliphatic rings. The van der Waals surface area contributed by atoms with Gasteiger partial charge in [0.1, 0.15) is 0 Å². The average Bonchev–Trinajstić information content (AvgIpc) is 3.22. The molecule has 0 aromatic heterocycles. The summed E-state index contributed by atoms with van der Waals surface area (Å²) in [5.74, 6) is 0. The van der Waals surface area contributed by atoms with E-state index < -0.39 is 0 Å². The molecule has 5 nitrogen and oxygen atoms in total. The summed E-state index contributed by atoms with van der Waals surface area (Å²) >= 11 is 0. The van der Waals surface area contributed by atoms with Crippen molar-refractivity contribution >= 4 is 23.1 Å². The summed E-state index contributed by atoms with van der Waals surface area (Å²) in [6.45, 7) is 8.93. The summed E-state index contributed by atoms with van der Waals surface area (Å²) in [5.41, 5.74) is 6.60. The molecule has 2 aromatic rings. The number of allylic oxidation sites excluding steroid dienone is 7. The lowest BCUT2D eigenvalue weighted by Gasteiger charge is -2.24. The minimum atomic E-state index is -0.222. The highest BCUT2D eigenvalue weighted by Crippen LogP contribution is 2.44. The van der Waals surface area contributed by atoms with Crippen LogP contribution in [0.2, 0.25) is 0 Å². The number of anilines is 3. The van der Waals surface area contributed by atoms with Gasteiger partial charge in [-0.25, -0.2) is 4.79 Å². The van der Waals surface area contributed by atoms with Gasteiger partial charge in [0.2, 0.25) is 0 Å². The quantitative estimate of drug-likeness (QED) is 0.392. The van der Waals surface area contributed by atoms with E-state index in [-0.39, 0.29) is 22.9 Å².